The van der Waals surface area contributed by atoms with Crippen molar-refractivity contribution in [3.05, 3.63) is 47.9 Å². The highest BCUT2D eigenvalue weighted by atomic mass is 16.5. The average molecular weight is 368 g/mol. The molecule has 0 saturated carbocycles. The monoisotopic (exact) mass is 368 g/mol. The Morgan fingerprint density at radius 2 is 2.07 bits per heavy atom. The van der Waals surface area contributed by atoms with Gasteiger partial charge < -0.3 is 19.6 Å². The van der Waals surface area contributed by atoms with E-state index in [1.807, 2.05) is 18.2 Å². The molecule has 0 aliphatic carbocycles. The van der Waals surface area contributed by atoms with E-state index in [4.69, 9.17) is 8.94 Å². The summed E-state index contributed by atoms with van der Waals surface area (Å²) in [4.78, 5) is 38.2. The molecule has 0 radical (unpaired) electrons. The fourth-order valence-electron chi connectivity index (χ4n) is 2.99. The fraction of sp³-hybridized carbons (Fsp3) is 0.222. The van der Waals surface area contributed by atoms with Gasteiger partial charge in [-0.3, -0.25) is 14.5 Å². The van der Waals surface area contributed by atoms with E-state index in [1.165, 1.54) is 6.07 Å². The molecule has 9 nitrogen and oxygen atoms in total. The number of furan rings is 1. The number of aromatic nitrogens is 1. The molecule has 0 bridgehead atoms. The van der Waals surface area contributed by atoms with Crippen molar-refractivity contribution < 1.29 is 23.3 Å². The van der Waals surface area contributed by atoms with Gasteiger partial charge >= 0.3 is 6.03 Å². The van der Waals surface area contributed by atoms with Gasteiger partial charge in [0.15, 0.2) is 11.4 Å². The topological polar surface area (TPSA) is 118 Å². The Balaban J connectivity index is 1.54. The summed E-state index contributed by atoms with van der Waals surface area (Å²) in [5.74, 6) is -0.0990. The predicted octanol–water partition coefficient (Wildman–Crippen LogP) is 2.13. The number of rotatable bonds is 4. The maximum absolute atomic E-state index is 12.9. The van der Waals surface area contributed by atoms with E-state index in [1.54, 1.807) is 26.0 Å². The van der Waals surface area contributed by atoms with E-state index in [0.29, 0.717) is 17.1 Å². The third-order valence-electron chi connectivity index (χ3n) is 4.39. The third kappa shape index (κ3) is 2.82. The van der Waals surface area contributed by atoms with Gasteiger partial charge in [0, 0.05) is 11.5 Å². The van der Waals surface area contributed by atoms with Crippen molar-refractivity contribution in [2.24, 2.45) is 0 Å². The Bertz CT molecular complexity index is 1040. The average Bonchev–Trinajstić information content (AvgIpc) is 3.29. The van der Waals surface area contributed by atoms with Crippen LogP contribution in [-0.2, 0) is 15.1 Å². The lowest BCUT2D eigenvalue weighted by atomic mass is 9.99. The summed E-state index contributed by atoms with van der Waals surface area (Å²) in [5, 5.41) is 9.54. The lowest BCUT2D eigenvalue weighted by Crippen LogP contribution is -2.41. The summed E-state index contributed by atoms with van der Waals surface area (Å²) in [6.45, 7) is 2.77. The summed E-state index contributed by atoms with van der Waals surface area (Å²) in [6.07, 6.45) is 0. The van der Waals surface area contributed by atoms with Crippen molar-refractivity contribution in [1.82, 2.24) is 15.4 Å². The molecule has 1 aromatic carbocycles. The number of carbonyl (C=O) groups is 3. The SMILES string of the molecule is Cc1cc(NC(=O)CN2C(=O)N[C@](C)(c3cc4ccccc4o3)C2=O)no1. The van der Waals surface area contributed by atoms with E-state index in [2.05, 4.69) is 15.8 Å². The number of hydrogen-bond donors (Lipinski definition) is 2. The van der Waals surface area contributed by atoms with Crippen molar-refractivity contribution in [1.29, 1.82) is 0 Å². The molecule has 1 aliphatic heterocycles. The number of aryl methyl sites for hydroxylation is 1. The van der Waals surface area contributed by atoms with Crippen LogP contribution in [0.25, 0.3) is 11.0 Å². The number of fused-ring (bicyclic) bond motifs is 1. The zero-order chi connectivity index (χ0) is 19.2. The van der Waals surface area contributed by atoms with Crippen molar-refractivity contribution in [2.45, 2.75) is 19.4 Å². The highest BCUT2D eigenvalue weighted by Gasteiger charge is 2.51. The van der Waals surface area contributed by atoms with Crippen LogP contribution in [0, 0.1) is 6.92 Å². The number of anilines is 1. The van der Waals surface area contributed by atoms with Crippen LogP contribution >= 0.6 is 0 Å². The number of para-hydroxylation sites is 1. The number of nitrogens with one attached hydrogen (secondary N) is 2. The van der Waals surface area contributed by atoms with Crippen LogP contribution in [0.4, 0.5) is 10.6 Å². The Morgan fingerprint density at radius 3 is 2.78 bits per heavy atom. The number of carbonyl (C=O) groups excluding carboxylic acids is 3. The lowest BCUT2D eigenvalue weighted by molar-refractivity contribution is -0.134. The molecule has 1 fully saturated rings. The van der Waals surface area contributed by atoms with E-state index >= 15 is 0 Å². The van der Waals surface area contributed by atoms with E-state index in [9.17, 15) is 14.4 Å². The van der Waals surface area contributed by atoms with Gasteiger partial charge in [-0.05, 0) is 26.0 Å². The van der Waals surface area contributed by atoms with Gasteiger partial charge in [0.2, 0.25) is 5.91 Å². The van der Waals surface area contributed by atoms with Crippen molar-refractivity contribution in [2.75, 3.05) is 11.9 Å². The first-order valence-electron chi connectivity index (χ1n) is 8.23. The molecule has 3 aromatic rings. The molecule has 3 heterocycles. The van der Waals surface area contributed by atoms with Gasteiger partial charge in [0.25, 0.3) is 5.91 Å². The molecular weight excluding hydrogens is 352 g/mol. The second-order valence-corrected chi connectivity index (χ2v) is 6.47. The predicted molar refractivity (Wildman–Crippen MR) is 93.7 cm³/mol. The summed E-state index contributed by atoms with van der Waals surface area (Å²) >= 11 is 0. The Morgan fingerprint density at radius 1 is 1.30 bits per heavy atom. The maximum Gasteiger partial charge on any atom is 0.325 e. The Labute approximate surface area is 153 Å². The first-order chi connectivity index (χ1) is 12.9. The van der Waals surface area contributed by atoms with Crippen molar-refractivity contribution >= 4 is 34.6 Å². The van der Waals surface area contributed by atoms with E-state index < -0.39 is 29.9 Å². The molecule has 2 N–H and O–H groups in total. The lowest BCUT2D eigenvalue weighted by Gasteiger charge is -2.18. The van der Waals surface area contributed by atoms with Crippen molar-refractivity contribution in [3.63, 3.8) is 0 Å². The number of benzene rings is 1. The van der Waals surface area contributed by atoms with Crippen LogP contribution in [0.1, 0.15) is 18.4 Å². The molecule has 1 atom stereocenters. The normalized spacial score (nSPS) is 19.6. The molecule has 2 aromatic heterocycles. The first-order valence-corrected chi connectivity index (χ1v) is 8.23. The second-order valence-electron chi connectivity index (χ2n) is 6.47. The van der Waals surface area contributed by atoms with Crippen LogP contribution in [0.3, 0.4) is 0 Å². The minimum absolute atomic E-state index is 0.213. The number of amides is 4. The second kappa shape index (κ2) is 5.97. The van der Waals surface area contributed by atoms with Crippen LogP contribution in [-0.4, -0.2) is 34.4 Å². The fourth-order valence-corrected chi connectivity index (χ4v) is 2.99. The van der Waals surface area contributed by atoms with Gasteiger partial charge in [-0.25, -0.2) is 4.79 Å². The molecule has 1 aliphatic rings. The zero-order valence-electron chi connectivity index (χ0n) is 14.6. The largest absolute Gasteiger partial charge is 0.458 e. The number of urea groups is 1. The summed E-state index contributed by atoms with van der Waals surface area (Å²) in [7, 11) is 0. The van der Waals surface area contributed by atoms with Crippen LogP contribution < -0.4 is 10.6 Å². The highest BCUT2D eigenvalue weighted by Crippen LogP contribution is 2.32. The first kappa shape index (κ1) is 16.8. The third-order valence-corrected chi connectivity index (χ3v) is 4.39. The van der Waals surface area contributed by atoms with Gasteiger partial charge in [-0.15, -0.1) is 0 Å². The summed E-state index contributed by atoms with van der Waals surface area (Å²) in [6, 6.07) is 9.84. The van der Waals surface area contributed by atoms with Gasteiger partial charge in [-0.1, -0.05) is 23.4 Å². The number of imide groups is 1. The summed E-state index contributed by atoms with van der Waals surface area (Å²) < 4.78 is 10.6. The molecule has 0 unspecified atom stereocenters. The highest BCUT2D eigenvalue weighted by molar-refractivity contribution is 6.10. The number of nitrogens with zero attached hydrogens (tertiary/aromatic N) is 2. The van der Waals surface area contributed by atoms with Crippen LogP contribution in [0.5, 0.6) is 0 Å². The quantitative estimate of drug-likeness (QED) is 0.681. The van der Waals surface area contributed by atoms with E-state index in [-0.39, 0.29) is 5.82 Å². The zero-order valence-corrected chi connectivity index (χ0v) is 14.6. The molecule has 1 saturated heterocycles. The summed E-state index contributed by atoms with van der Waals surface area (Å²) in [5.41, 5.74) is -0.783. The van der Waals surface area contributed by atoms with Gasteiger partial charge in [0.1, 0.15) is 23.6 Å². The molecule has 4 rings (SSSR count). The van der Waals surface area contributed by atoms with Crippen LogP contribution in [0.2, 0.25) is 0 Å². The minimum Gasteiger partial charge on any atom is -0.458 e. The molecule has 4 amide bonds. The molecule has 9 heteroatoms. The Hall–Kier alpha value is -3.62. The van der Waals surface area contributed by atoms with Crippen LogP contribution in [0.15, 0.2) is 45.3 Å². The molecule has 27 heavy (non-hydrogen) atoms. The smallest absolute Gasteiger partial charge is 0.325 e. The minimum atomic E-state index is -1.39. The number of hydrogen-bond acceptors (Lipinski definition) is 6. The maximum atomic E-state index is 12.9. The van der Waals surface area contributed by atoms with Gasteiger partial charge in [-0.2, -0.15) is 0 Å². The molecular formula is C18H16N4O5. The standard InChI is InChI=1S/C18H16N4O5/c1-10-7-14(21-27-10)19-15(23)9-22-16(24)18(2,20-17(22)25)13-8-11-5-3-4-6-12(11)26-13/h3-8H,9H2,1-2H3,(H,20,25)(H,19,21,23)/t18-/m1/s1. The van der Waals surface area contributed by atoms with Gasteiger partial charge in [0.05, 0.1) is 0 Å². The van der Waals surface area contributed by atoms with Crippen molar-refractivity contribution in [3.8, 4) is 0 Å². The molecule has 138 valence electrons. The Kier molecular flexibility index (Phi) is 3.72. The molecule has 0 spiro atoms. The van der Waals surface area contributed by atoms with E-state index in [0.717, 1.165) is 10.3 Å².